The van der Waals surface area contributed by atoms with Crippen molar-refractivity contribution in [1.82, 2.24) is 0 Å². The van der Waals surface area contributed by atoms with Crippen molar-refractivity contribution < 1.29 is 31.9 Å². The van der Waals surface area contributed by atoms with Crippen LogP contribution in [0.1, 0.15) is 19.8 Å². The maximum Gasteiger partial charge on any atom is 0.389 e. The van der Waals surface area contributed by atoms with Crippen LogP contribution in [0.4, 0.5) is 13.2 Å². The van der Waals surface area contributed by atoms with E-state index in [1.54, 1.807) is 0 Å². The molecule has 108 valence electrons. The maximum absolute atomic E-state index is 11.6. The van der Waals surface area contributed by atoms with E-state index in [1.807, 2.05) is 0 Å². The minimum atomic E-state index is -4.06. The van der Waals surface area contributed by atoms with Crippen molar-refractivity contribution in [2.45, 2.75) is 32.0 Å². The van der Waals surface area contributed by atoms with E-state index in [2.05, 4.69) is 6.58 Å². The van der Waals surface area contributed by atoms with Gasteiger partial charge in [-0.1, -0.05) is 6.58 Å². The van der Waals surface area contributed by atoms with Gasteiger partial charge in [0, 0.05) is 26.2 Å². The Balaban J connectivity index is 0. The van der Waals surface area contributed by atoms with Crippen molar-refractivity contribution in [3.05, 3.63) is 12.2 Å². The SMILES string of the molecule is C=C(C)C(=O)O.CO[SiH](CCCC(F)(F)F)OC. The third kappa shape index (κ3) is 15.1. The van der Waals surface area contributed by atoms with E-state index in [-0.39, 0.29) is 12.0 Å². The van der Waals surface area contributed by atoms with Crippen LogP contribution in [0.15, 0.2) is 12.2 Å². The summed E-state index contributed by atoms with van der Waals surface area (Å²) in [4.78, 5) is 9.60. The average Bonchev–Trinajstić information content (AvgIpc) is 2.23. The molecule has 0 amide bonds. The fourth-order valence-electron chi connectivity index (χ4n) is 0.801. The summed E-state index contributed by atoms with van der Waals surface area (Å²) in [5.74, 6) is -0.935. The van der Waals surface area contributed by atoms with Crippen molar-refractivity contribution >= 4 is 15.3 Å². The number of halogens is 3. The molecule has 0 unspecified atom stereocenters. The van der Waals surface area contributed by atoms with Crippen LogP contribution in [0.3, 0.4) is 0 Å². The Labute approximate surface area is 106 Å². The normalized spacial score (nSPS) is 10.8. The molecule has 4 nitrogen and oxygen atoms in total. The molecule has 0 atom stereocenters. The van der Waals surface area contributed by atoms with Gasteiger partial charge in [0.1, 0.15) is 0 Å². The molecule has 0 aromatic heterocycles. The van der Waals surface area contributed by atoms with Gasteiger partial charge in [-0.05, 0) is 19.4 Å². The first-order chi connectivity index (χ1) is 8.14. The quantitative estimate of drug-likeness (QED) is 0.602. The Morgan fingerprint density at radius 1 is 1.33 bits per heavy atom. The highest BCUT2D eigenvalue weighted by atomic mass is 28.3. The zero-order chi connectivity index (χ0) is 14.8. The summed E-state index contributed by atoms with van der Waals surface area (Å²) >= 11 is 0. The van der Waals surface area contributed by atoms with Crippen molar-refractivity contribution in [2.24, 2.45) is 0 Å². The molecule has 0 heterocycles. The summed E-state index contributed by atoms with van der Waals surface area (Å²) in [6, 6.07) is 0.409. The van der Waals surface area contributed by atoms with E-state index < -0.39 is 27.9 Å². The fourth-order valence-corrected chi connectivity index (χ4v) is 2.00. The molecule has 0 aromatic carbocycles. The maximum atomic E-state index is 11.6. The lowest BCUT2D eigenvalue weighted by molar-refractivity contribution is -0.135. The van der Waals surface area contributed by atoms with Crippen LogP contribution < -0.4 is 0 Å². The molecule has 8 heteroatoms. The van der Waals surface area contributed by atoms with Crippen LogP contribution in [-0.2, 0) is 13.6 Å². The number of carboxylic acids is 1. The second-order valence-electron chi connectivity index (χ2n) is 3.49. The van der Waals surface area contributed by atoms with E-state index in [0.29, 0.717) is 6.04 Å². The molecule has 0 spiro atoms. The molecule has 0 rings (SSSR count). The Kier molecular flexibility index (Phi) is 10.9. The van der Waals surface area contributed by atoms with E-state index >= 15 is 0 Å². The summed E-state index contributed by atoms with van der Waals surface area (Å²) in [7, 11) is 1.15. The highest BCUT2D eigenvalue weighted by molar-refractivity contribution is 6.44. The van der Waals surface area contributed by atoms with Gasteiger partial charge in [0.05, 0.1) is 0 Å². The molecular weight excluding hydrogens is 269 g/mol. The molecule has 0 aliphatic heterocycles. The molecule has 0 aliphatic rings. The van der Waals surface area contributed by atoms with Crippen LogP contribution in [-0.4, -0.2) is 40.8 Å². The van der Waals surface area contributed by atoms with Gasteiger partial charge in [-0.2, -0.15) is 13.2 Å². The summed E-state index contributed by atoms with van der Waals surface area (Å²) in [6.07, 6.45) is -4.70. The second kappa shape index (κ2) is 10.1. The number of hydrogen-bond acceptors (Lipinski definition) is 3. The molecule has 1 N–H and O–H groups in total. The van der Waals surface area contributed by atoms with Crippen molar-refractivity contribution in [3.63, 3.8) is 0 Å². The zero-order valence-corrected chi connectivity index (χ0v) is 11.9. The van der Waals surface area contributed by atoms with E-state index in [0.717, 1.165) is 0 Å². The Bertz CT molecular complexity index is 240. The lowest BCUT2D eigenvalue weighted by Crippen LogP contribution is -2.19. The van der Waals surface area contributed by atoms with Gasteiger partial charge in [-0.15, -0.1) is 0 Å². The van der Waals surface area contributed by atoms with Crippen LogP contribution in [0, 0.1) is 0 Å². The summed E-state index contributed by atoms with van der Waals surface area (Å²) < 4.78 is 44.7. The second-order valence-corrected chi connectivity index (χ2v) is 5.87. The molecule has 0 radical (unpaired) electrons. The zero-order valence-electron chi connectivity index (χ0n) is 10.7. The molecular formula is C10H19F3O4Si. The van der Waals surface area contributed by atoms with E-state index in [4.69, 9.17) is 14.0 Å². The average molecular weight is 288 g/mol. The van der Waals surface area contributed by atoms with Crippen LogP contribution in [0.2, 0.25) is 6.04 Å². The Morgan fingerprint density at radius 2 is 1.72 bits per heavy atom. The van der Waals surface area contributed by atoms with Gasteiger partial charge in [0.2, 0.25) is 0 Å². The number of carboxylic acid groups (broad SMARTS) is 1. The summed E-state index contributed by atoms with van der Waals surface area (Å²) in [5, 5.41) is 7.89. The molecule has 0 fully saturated rings. The number of aliphatic carboxylic acids is 1. The first-order valence-corrected chi connectivity index (χ1v) is 6.91. The topological polar surface area (TPSA) is 55.8 Å². The number of carbonyl (C=O) groups is 1. The first kappa shape index (κ1) is 19.5. The molecule has 0 bridgehead atoms. The number of alkyl halides is 3. The minimum absolute atomic E-state index is 0.0993. The van der Waals surface area contributed by atoms with Crippen molar-refractivity contribution in [3.8, 4) is 0 Å². The third-order valence-corrected chi connectivity index (χ3v) is 3.72. The minimum Gasteiger partial charge on any atom is -0.478 e. The molecule has 0 aromatic rings. The molecule has 18 heavy (non-hydrogen) atoms. The third-order valence-electron chi connectivity index (χ3n) is 1.79. The predicted molar refractivity (Wildman–Crippen MR) is 63.7 cm³/mol. The van der Waals surface area contributed by atoms with E-state index in [1.165, 1.54) is 21.1 Å². The summed E-state index contributed by atoms with van der Waals surface area (Å²) in [5.41, 5.74) is 0.176. The molecule has 0 saturated carbocycles. The summed E-state index contributed by atoms with van der Waals surface area (Å²) in [6.45, 7) is 4.60. The van der Waals surface area contributed by atoms with Crippen LogP contribution in [0.25, 0.3) is 0 Å². The van der Waals surface area contributed by atoms with Gasteiger partial charge in [-0.3, -0.25) is 0 Å². The van der Waals surface area contributed by atoms with Gasteiger partial charge in [0.15, 0.2) is 0 Å². The predicted octanol–water partition coefficient (Wildman–Crippen LogP) is 2.49. The Morgan fingerprint density at radius 3 is 1.94 bits per heavy atom. The molecule has 0 saturated heterocycles. The highest BCUT2D eigenvalue weighted by Gasteiger charge is 2.27. The Hall–Kier alpha value is -0.863. The standard InChI is InChI=1S/C6H13F3O2Si.C4H6O2/c1-10-12(11-2)5-3-4-6(7,8)9;1-3(2)4(5)6/h12H,3-5H2,1-2H3;1H2,2H3,(H,5,6). The lowest BCUT2D eigenvalue weighted by atomic mass is 10.3. The van der Waals surface area contributed by atoms with Crippen molar-refractivity contribution in [2.75, 3.05) is 14.2 Å². The number of rotatable bonds is 6. The lowest BCUT2D eigenvalue weighted by Gasteiger charge is -2.11. The smallest absolute Gasteiger partial charge is 0.389 e. The monoisotopic (exact) mass is 288 g/mol. The van der Waals surface area contributed by atoms with Crippen LogP contribution in [0.5, 0.6) is 0 Å². The van der Waals surface area contributed by atoms with Gasteiger partial charge in [-0.25, -0.2) is 4.79 Å². The fraction of sp³-hybridized carbons (Fsp3) is 0.700. The molecule has 0 aliphatic carbocycles. The largest absolute Gasteiger partial charge is 0.478 e. The van der Waals surface area contributed by atoms with E-state index in [9.17, 15) is 18.0 Å². The highest BCUT2D eigenvalue weighted by Crippen LogP contribution is 2.22. The first-order valence-electron chi connectivity index (χ1n) is 5.15. The van der Waals surface area contributed by atoms with Gasteiger partial charge >= 0.3 is 21.4 Å². The van der Waals surface area contributed by atoms with Gasteiger partial charge < -0.3 is 14.0 Å². The van der Waals surface area contributed by atoms with Crippen LogP contribution >= 0.6 is 0 Å². The van der Waals surface area contributed by atoms with Crippen molar-refractivity contribution in [1.29, 1.82) is 0 Å². The number of hydrogen-bond donors (Lipinski definition) is 1. The van der Waals surface area contributed by atoms with Gasteiger partial charge in [0.25, 0.3) is 0 Å².